The molecule has 3 aromatic rings. The molecule has 0 saturated carbocycles. The Morgan fingerprint density at radius 3 is 2.37 bits per heavy atom. The molecule has 4 rings (SSSR count). The van der Waals surface area contributed by atoms with Crippen LogP contribution in [0.4, 0.5) is 17.5 Å². The van der Waals surface area contributed by atoms with E-state index in [9.17, 15) is 9.59 Å². The van der Waals surface area contributed by atoms with E-state index in [1.165, 1.54) is 6.92 Å². The van der Waals surface area contributed by atoms with Gasteiger partial charge in [0.2, 0.25) is 11.9 Å². The highest BCUT2D eigenvalue weighted by Gasteiger charge is 2.27. The number of hydrogen-bond acceptors (Lipinski definition) is 9. The molecule has 35 heavy (non-hydrogen) atoms. The van der Waals surface area contributed by atoms with Crippen molar-refractivity contribution in [2.24, 2.45) is 0 Å². The van der Waals surface area contributed by atoms with Gasteiger partial charge < -0.3 is 30.2 Å². The van der Waals surface area contributed by atoms with Gasteiger partial charge in [-0.1, -0.05) is 60.7 Å². The smallest absolute Gasteiger partial charge is 0.287 e. The summed E-state index contributed by atoms with van der Waals surface area (Å²) >= 11 is 0. The van der Waals surface area contributed by atoms with Gasteiger partial charge in [-0.2, -0.15) is 4.98 Å². The summed E-state index contributed by atoms with van der Waals surface area (Å²) in [6.45, 7) is 2.98. The van der Waals surface area contributed by atoms with E-state index in [2.05, 4.69) is 10.3 Å². The average molecular weight is 480 g/mol. The SMILES string of the molecule is CC(=O)n1c(N)nc2c(c1=O)NCN2COC(CCOCc1ccccc1)OCc1ccccc1. The Bertz CT molecular complexity index is 1190. The highest BCUT2D eigenvalue weighted by Crippen LogP contribution is 2.26. The third-order valence-electron chi connectivity index (χ3n) is 5.46. The summed E-state index contributed by atoms with van der Waals surface area (Å²) < 4.78 is 18.7. The van der Waals surface area contributed by atoms with Crippen molar-refractivity contribution in [3.8, 4) is 0 Å². The molecule has 0 aliphatic carbocycles. The number of hydrogen-bond donors (Lipinski definition) is 2. The van der Waals surface area contributed by atoms with Gasteiger partial charge in [-0.15, -0.1) is 0 Å². The number of fused-ring (bicyclic) bond motifs is 1. The van der Waals surface area contributed by atoms with Crippen LogP contribution in [-0.4, -0.2) is 41.8 Å². The normalized spacial score (nSPS) is 13.3. The molecule has 1 aliphatic heterocycles. The van der Waals surface area contributed by atoms with Crippen LogP contribution in [0.5, 0.6) is 0 Å². The number of ether oxygens (including phenoxy) is 3. The van der Waals surface area contributed by atoms with E-state index in [0.717, 1.165) is 15.7 Å². The van der Waals surface area contributed by atoms with Crippen LogP contribution in [0.25, 0.3) is 0 Å². The lowest BCUT2D eigenvalue weighted by molar-refractivity contribution is -0.159. The number of nitrogen functional groups attached to an aromatic ring is 1. The molecule has 1 atom stereocenters. The van der Waals surface area contributed by atoms with Crippen molar-refractivity contribution in [3.63, 3.8) is 0 Å². The van der Waals surface area contributed by atoms with Crippen LogP contribution in [0.2, 0.25) is 0 Å². The number of benzene rings is 2. The van der Waals surface area contributed by atoms with E-state index in [1.807, 2.05) is 60.7 Å². The lowest BCUT2D eigenvalue weighted by atomic mass is 10.2. The summed E-state index contributed by atoms with van der Waals surface area (Å²) in [7, 11) is 0. The fourth-order valence-corrected chi connectivity index (χ4v) is 3.66. The number of nitrogens with two attached hydrogens (primary N) is 1. The summed E-state index contributed by atoms with van der Waals surface area (Å²) in [4.78, 5) is 30.3. The fourth-order valence-electron chi connectivity index (χ4n) is 3.66. The largest absolute Gasteiger partial charge is 0.377 e. The van der Waals surface area contributed by atoms with E-state index in [1.54, 1.807) is 4.90 Å². The van der Waals surface area contributed by atoms with Crippen LogP contribution in [0.15, 0.2) is 65.5 Å². The van der Waals surface area contributed by atoms with Gasteiger partial charge in [-0.3, -0.25) is 9.59 Å². The minimum absolute atomic E-state index is 0.105. The maximum absolute atomic E-state index is 12.6. The zero-order chi connectivity index (χ0) is 24.6. The van der Waals surface area contributed by atoms with Gasteiger partial charge in [-0.05, 0) is 11.1 Å². The van der Waals surface area contributed by atoms with Crippen LogP contribution in [0.3, 0.4) is 0 Å². The Morgan fingerprint density at radius 2 is 1.71 bits per heavy atom. The summed E-state index contributed by atoms with van der Waals surface area (Å²) in [5, 5.41) is 2.97. The predicted octanol–water partition coefficient (Wildman–Crippen LogP) is 2.80. The Kier molecular flexibility index (Phi) is 8.09. The Morgan fingerprint density at radius 1 is 1.06 bits per heavy atom. The molecule has 184 valence electrons. The van der Waals surface area contributed by atoms with Crippen molar-refractivity contribution in [3.05, 3.63) is 82.1 Å². The molecule has 1 aliphatic rings. The second kappa shape index (κ2) is 11.6. The highest BCUT2D eigenvalue weighted by molar-refractivity contribution is 5.82. The molecular formula is C25H29N5O5. The van der Waals surface area contributed by atoms with Crippen molar-refractivity contribution in [1.82, 2.24) is 9.55 Å². The molecule has 10 heteroatoms. The summed E-state index contributed by atoms with van der Waals surface area (Å²) in [5.41, 5.74) is 7.65. The van der Waals surface area contributed by atoms with Crippen molar-refractivity contribution in [2.45, 2.75) is 32.8 Å². The first-order valence-corrected chi connectivity index (χ1v) is 11.3. The average Bonchev–Trinajstić information content (AvgIpc) is 3.27. The van der Waals surface area contributed by atoms with Crippen molar-refractivity contribution >= 4 is 23.4 Å². The number of anilines is 3. The molecule has 2 heterocycles. The van der Waals surface area contributed by atoms with Crippen molar-refractivity contribution < 1.29 is 19.0 Å². The topological polar surface area (TPSA) is 121 Å². The van der Waals surface area contributed by atoms with E-state index in [0.29, 0.717) is 32.1 Å². The third kappa shape index (κ3) is 6.24. The van der Waals surface area contributed by atoms with E-state index in [4.69, 9.17) is 19.9 Å². The molecule has 3 N–H and O–H groups in total. The monoisotopic (exact) mass is 479 g/mol. The van der Waals surface area contributed by atoms with Crippen molar-refractivity contribution in [1.29, 1.82) is 0 Å². The van der Waals surface area contributed by atoms with Gasteiger partial charge >= 0.3 is 0 Å². The van der Waals surface area contributed by atoms with Gasteiger partial charge in [0.05, 0.1) is 26.5 Å². The number of nitrogens with one attached hydrogen (secondary N) is 1. The number of carbonyl (C=O) groups is 1. The molecule has 0 bridgehead atoms. The fraction of sp³-hybridized carbons (Fsp3) is 0.320. The summed E-state index contributed by atoms with van der Waals surface area (Å²) in [6, 6.07) is 19.8. The third-order valence-corrected chi connectivity index (χ3v) is 5.46. The van der Waals surface area contributed by atoms with Gasteiger partial charge in [0, 0.05) is 13.3 Å². The standard InChI is InChI=1S/C25H29N5O5/c1-18(31)30-24(32)22-23(28-25(30)26)29(16-27-22)17-35-21(34-15-20-10-6-3-7-11-20)12-13-33-14-19-8-4-2-5-9-19/h2-11,21,27H,12-17H2,1H3,(H2,26,28). The van der Waals surface area contributed by atoms with Crippen LogP contribution in [-0.2, 0) is 27.4 Å². The summed E-state index contributed by atoms with van der Waals surface area (Å²) in [5.74, 6) is -0.322. The second-order valence-corrected chi connectivity index (χ2v) is 8.05. The number of rotatable bonds is 11. The van der Waals surface area contributed by atoms with E-state index in [-0.39, 0.29) is 25.0 Å². The van der Waals surface area contributed by atoms with Crippen LogP contribution in [0, 0.1) is 0 Å². The van der Waals surface area contributed by atoms with Gasteiger partial charge in [-0.25, -0.2) is 4.57 Å². The van der Waals surface area contributed by atoms with Crippen LogP contribution >= 0.6 is 0 Å². The Hall–Kier alpha value is -3.73. The minimum atomic E-state index is -0.551. The Balaban J connectivity index is 1.37. The molecule has 1 unspecified atom stereocenters. The number of nitrogens with zero attached hydrogens (tertiary/aromatic N) is 3. The molecule has 1 aromatic heterocycles. The number of aromatic nitrogens is 2. The quantitative estimate of drug-likeness (QED) is 0.316. The maximum Gasteiger partial charge on any atom is 0.287 e. The van der Waals surface area contributed by atoms with Gasteiger partial charge in [0.25, 0.3) is 5.56 Å². The van der Waals surface area contributed by atoms with Crippen LogP contribution in [0.1, 0.15) is 29.3 Å². The van der Waals surface area contributed by atoms with Gasteiger partial charge in [0.1, 0.15) is 12.4 Å². The molecule has 0 amide bonds. The molecule has 0 radical (unpaired) electrons. The first-order valence-electron chi connectivity index (χ1n) is 11.3. The lowest BCUT2D eigenvalue weighted by Gasteiger charge is -2.23. The number of carbonyl (C=O) groups excluding carboxylic acids is 1. The van der Waals surface area contributed by atoms with Crippen LogP contribution < -0.4 is 21.5 Å². The highest BCUT2D eigenvalue weighted by atomic mass is 16.7. The molecule has 0 saturated heterocycles. The zero-order valence-corrected chi connectivity index (χ0v) is 19.6. The molecule has 10 nitrogen and oxygen atoms in total. The zero-order valence-electron chi connectivity index (χ0n) is 19.6. The molecular weight excluding hydrogens is 450 g/mol. The summed E-state index contributed by atoms with van der Waals surface area (Å²) in [6.07, 6.45) is -0.0417. The van der Waals surface area contributed by atoms with Crippen molar-refractivity contribution in [2.75, 3.05) is 36.0 Å². The Labute approximate surface area is 203 Å². The first-order chi connectivity index (χ1) is 17.0. The molecule has 2 aromatic carbocycles. The first kappa shape index (κ1) is 24.4. The maximum atomic E-state index is 12.6. The van der Waals surface area contributed by atoms with Gasteiger partial charge in [0.15, 0.2) is 12.1 Å². The molecule has 0 fully saturated rings. The second-order valence-electron chi connectivity index (χ2n) is 8.05. The van der Waals surface area contributed by atoms with E-state index >= 15 is 0 Å². The predicted molar refractivity (Wildman–Crippen MR) is 132 cm³/mol. The van der Waals surface area contributed by atoms with E-state index < -0.39 is 17.8 Å². The minimum Gasteiger partial charge on any atom is -0.377 e. The lowest BCUT2D eigenvalue weighted by Crippen LogP contribution is -2.32. The molecule has 0 spiro atoms.